The minimum atomic E-state index is -0.260. The minimum Gasteiger partial charge on any atom is -0.456 e. The minimum absolute atomic E-state index is 0.0905. The third-order valence-corrected chi connectivity index (χ3v) is 3.97. The van der Waals surface area contributed by atoms with E-state index in [9.17, 15) is 9.59 Å². The molecule has 1 N–H and O–H groups in total. The average Bonchev–Trinajstić information content (AvgIpc) is 2.99. The first-order valence-corrected chi connectivity index (χ1v) is 7.65. The van der Waals surface area contributed by atoms with E-state index in [4.69, 9.17) is 4.74 Å². The molecule has 4 heteroatoms. The quantitative estimate of drug-likeness (QED) is 0.819. The van der Waals surface area contributed by atoms with E-state index in [0.717, 1.165) is 18.4 Å². The lowest BCUT2D eigenvalue weighted by Crippen LogP contribution is -2.31. The molecule has 1 saturated carbocycles. The van der Waals surface area contributed by atoms with Gasteiger partial charge in [-0.15, -0.1) is 0 Å². The Labute approximate surface area is 125 Å². The molecule has 1 aromatic carbocycles. The molecule has 0 aromatic heterocycles. The molecule has 1 aliphatic rings. The Balaban J connectivity index is 1.68. The van der Waals surface area contributed by atoms with E-state index in [1.165, 1.54) is 12.8 Å². The molecule has 1 unspecified atom stereocenters. The number of benzene rings is 1. The van der Waals surface area contributed by atoms with Crippen LogP contribution in [0.25, 0.3) is 0 Å². The van der Waals surface area contributed by atoms with Crippen LogP contribution in [-0.2, 0) is 14.3 Å². The van der Waals surface area contributed by atoms with Gasteiger partial charge in [-0.1, -0.05) is 43.2 Å². The van der Waals surface area contributed by atoms with Crippen LogP contribution in [0.15, 0.2) is 30.3 Å². The van der Waals surface area contributed by atoms with E-state index in [-0.39, 0.29) is 24.5 Å². The van der Waals surface area contributed by atoms with Crippen LogP contribution in [0.1, 0.15) is 50.6 Å². The number of amides is 1. The van der Waals surface area contributed by atoms with Gasteiger partial charge in [0.15, 0.2) is 6.61 Å². The van der Waals surface area contributed by atoms with E-state index in [1.54, 1.807) is 0 Å². The van der Waals surface area contributed by atoms with Crippen LogP contribution in [0.2, 0.25) is 0 Å². The van der Waals surface area contributed by atoms with Crippen LogP contribution in [-0.4, -0.2) is 18.5 Å². The van der Waals surface area contributed by atoms with Crippen LogP contribution in [0.5, 0.6) is 0 Å². The second-order valence-corrected chi connectivity index (χ2v) is 5.72. The second kappa shape index (κ2) is 7.81. The summed E-state index contributed by atoms with van der Waals surface area (Å²) in [7, 11) is 0. The van der Waals surface area contributed by atoms with Gasteiger partial charge >= 0.3 is 5.97 Å². The summed E-state index contributed by atoms with van der Waals surface area (Å²) in [5, 5.41) is 2.83. The molecule has 1 amide bonds. The van der Waals surface area contributed by atoms with Gasteiger partial charge in [0.25, 0.3) is 5.91 Å². The number of nitrogens with one attached hydrogen (secondary N) is 1. The Morgan fingerprint density at radius 1 is 1.24 bits per heavy atom. The zero-order valence-electron chi connectivity index (χ0n) is 12.5. The summed E-state index contributed by atoms with van der Waals surface area (Å²) >= 11 is 0. The van der Waals surface area contributed by atoms with Gasteiger partial charge in [-0.2, -0.15) is 0 Å². The van der Waals surface area contributed by atoms with Crippen molar-refractivity contribution in [1.29, 1.82) is 0 Å². The summed E-state index contributed by atoms with van der Waals surface area (Å²) in [5.41, 5.74) is 1.03. The van der Waals surface area contributed by atoms with Crippen molar-refractivity contribution in [2.45, 2.75) is 45.1 Å². The molecular formula is C17H23NO3. The van der Waals surface area contributed by atoms with E-state index in [2.05, 4.69) is 5.32 Å². The van der Waals surface area contributed by atoms with Crippen molar-refractivity contribution in [2.24, 2.45) is 5.92 Å². The van der Waals surface area contributed by atoms with Gasteiger partial charge in [0, 0.05) is 6.42 Å². The van der Waals surface area contributed by atoms with Crippen molar-refractivity contribution >= 4 is 11.9 Å². The third-order valence-electron chi connectivity index (χ3n) is 3.97. The molecule has 2 rings (SSSR count). The van der Waals surface area contributed by atoms with Crippen molar-refractivity contribution in [3.63, 3.8) is 0 Å². The lowest BCUT2D eigenvalue weighted by molar-refractivity contribution is -0.149. The highest BCUT2D eigenvalue weighted by Crippen LogP contribution is 2.27. The summed E-state index contributed by atoms with van der Waals surface area (Å²) in [4.78, 5) is 23.4. The maximum Gasteiger partial charge on any atom is 0.306 e. The van der Waals surface area contributed by atoms with Crippen LogP contribution in [0, 0.1) is 5.92 Å². The van der Waals surface area contributed by atoms with Crippen molar-refractivity contribution in [3.05, 3.63) is 35.9 Å². The SMILES string of the molecule is CC(NC(=O)COC(=O)CC1CCCC1)c1ccccc1. The first-order valence-electron chi connectivity index (χ1n) is 7.65. The van der Waals surface area contributed by atoms with Crippen LogP contribution in [0.3, 0.4) is 0 Å². The monoisotopic (exact) mass is 289 g/mol. The smallest absolute Gasteiger partial charge is 0.306 e. The molecule has 0 aliphatic heterocycles. The standard InChI is InChI=1S/C17H23NO3/c1-13(15-9-3-2-4-10-15)18-16(19)12-21-17(20)11-14-7-5-6-8-14/h2-4,9-10,13-14H,5-8,11-12H2,1H3,(H,18,19). The average molecular weight is 289 g/mol. The lowest BCUT2D eigenvalue weighted by atomic mass is 10.0. The molecule has 0 radical (unpaired) electrons. The fourth-order valence-corrected chi connectivity index (χ4v) is 2.76. The first kappa shape index (κ1) is 15.5. The van der Waals surface area contributed by atoms with E-state index in [0.29, 0.717) is 12.3 Å². The highest BCUT2D eigenvalue weighted by atomic mass is 16.5. The topological polar surface area (TPSA) is 55.4 Å². The Hall–Kier alpha value is -1.84. The molecule has 0 bridgehead atoms. The molecule has 0 heterocycles. The first-order chi connectivity index (χ1) is 10.1. The van der Waals surface area contributed by atoms with E-state index in [1.807, 2.05) is 37.3 Å². The summed E-state index contributed by atoms with van der Waals surface area (Å²) < 4.78 is 5.05. The van der Waals surface area contributed by atoms with Crippen molar-refractivity contribution in [1.82, 2.24) is 5.32 Å². The van der Waals surface area contributed by atoms with Gasteiger partial charge in [0.2, 0.25) is 0 Å². The van der Waals surface area contributed by atoms with Crippen molar-refractivity contribution in [2.75, 3.05) is 6.61 Å². The number of hydrogen-bond donors (Lipinski definition) is 1. The second-order valence-electron chi connectivity index (χ2n) is 5.72. The zero-order valence-corrected chi connectivity index (χ0v) is 12.5. The summed E-state index contributed by atoms with van der Waals surface area (Å²) in [6.07, 6.45) is 5.06. The maximum atomic E-state index is 11.8. The molecule has 1 fully saturated rings. The van der Waals surface area contributed by atoms with Crippen LogP contribution >= 0.6 is 0 Å². The van der Waals surface area contributed by atoms with Gasteiger partial charge in [-0.05, 0) is 31.2 Å². The number of carbonyl (C=O) groups is 2. The molecule has 0 spiro atoms. The lowest BCUT2D eigenvalue weighted by Gasteiger charge is -2.14. The summed E-state index contributed by atoms with van der Waals surface area (Å²) in [6, 6.07) is 9.61. The molecule has 21 heavy (non-hydrogen) atoms. The largest absolute Gasteiger partial charge is 0.456 e. The van der Waals surface area contributed by atoms with Crippen molar-refractivity contribution in [3.8, 4) is 0 Å². The Morgan fingerprint density at radius 2 is 1.90 bits per heavy atom. The Bertz CT molecular complexity index is 466. The Morgan fingerprint density at radius 3 is 2.57 bits per heavy atom. The maximum absolute atomic E-state index is 11.8. The number of rotatable bonds is 6. The predicted octanol–water partition coefficient (Wildman–Crippen LogP) is 2.99. The predicted molar refractivity (Wildman–Crippen MR) is 80.5 cm³/mol. The van der Waals surface area contributed by atoms with Gasteiger partial charge in [-0.3, -0.25) is 9.59 Å². The number of hydrogen-bond acceptors (Lipinski definition) is 3. The van der Waals surface area contributed by atoms with Gasteiger partial charge in [0.1, 0.15) is 0 Å². The highest BCUT2D eigenvalue weighted by molar-refractivity contribution is 5.80. The van der Waals surface area contributed by atoms with Gasteiger partial charge < -0.3 is 10.1 Å². The summed E-state index contributed by atoms with van der Waals surface area (Å²) in [5.74, 6) is -0.0701. The molecule has 1 atom stereocenters. The fourth-order valence-electron chi connectivity index (χ4n) is 2.76. The fraction of sp³-hybridized carbons (Fsp3) is 0.529. The number of esters is 1. The number of carbonyl (C=O) groups excluding carboxylic acids is 2. The Kier molecular flexibility index (Phi) is 5.78. The molecule has 1 aromatic rings. The zero-order chi connectivity index (χ0) is 15.1. The summed E-state index contributed by atoms with van der Waals surface area (Å²) in [6.45, 7) is 1.72. The molecule has 0 saturated heterocycles. The molecule has 1 aliphatic carbocycles. The normalized spacial score (nSPS) is 16.4. The van der Waals surface area contributed by atoms with Gasteiger partial charge in [-0.25, -0.2) is 0 Å². The van der Waals surface area contributed by atoms with E-state index >= 15 is 0 Å². The van der Waals surface area contributed by atoms with E-state index < -0.39 is 0 Å². The third kappa shape index (κ3) is 5.21. The molecule has 114 valence electrons. The van der Waals surface area contributed by atoms with Crippen LogP contribution in [0.4, 0.5) is 0 Å². The van der Waals surface area contributed by atoms with Gasteiger partial charge in [0.05, 0.1) is 6.04 Å². The molecule has 4 nitrogen and oxygen atoms in total. The highest BCUT2D eigenvalue weighted by Gasteiger charge is 2.20. The van der Waals surface area contributed by atoms with Crippen molar-refractivity contribution < 1.29 is 14.3 Å². The number of ether oxygens (including phenoxy) is 1. The molecular weight excluding hydrogens is 266 g/mol. The van der Waals surface area contributed by atoms with Crippen LogP contribution < -0.4 is 5.32 Å².